The van der Waals surface area contributed by atoms with Gasteiger partial charge in [-0.1, -0.05) is 24.9 Å². The van der Waals surface area contributed by atoms with E-state index in [2.05, 4.69) is 12.2 Å². The zero-order valence-electron chi connectivity index (χ0n) is 14.6. The van der Waals surface area contributed by atoms with Crippen molar-refractivity contribution >= 4 is 23.2 Å². The molecule has 5 nitrogen and oxygen atoms in total. The van der Waals surface area contributed by atoms with Crippen LogP contribution in [-0.2, 0) is 0 Å². The van der Waals surface area contributed by atoms with E-state index in [4.69, 9.17) is 25.8 Å². The summed E-state index contributed by atoms with van der Waals surface area (Å²) in [6.07, 6.45) is 2.08. The number of amides is 1. The van der Waals surface area contributed by atoms with Gasteiger partial charge in [0.1, 0.15) is 17.2 Å². The third-order valence-corrected chi connectivity index (χ3v) is 3.90. The first-order valence-corrected chi connectivity index (χ1v) is 8.42. The molecule has 0 aromatic heterocycles. The molecule has 0 radical (unpaired) electrons. The number of carbonyl (C=O) groups excluding carboxylic acids is 1. The molecule has 1 N–H and O–H groups in total. The zero-order valence-corrected chi connectivity index (χ0v) is 15.4. The van der Waals surface area contributed by atoms with Crippen LogP contribution in [0.25, 0.3) is 0 Å². The van der Waals surface area contributed by atoms with E-state index in [0.29, 0.717) is 34.4 Å². The van der Waals surface area contributed by atoms with Gasteiger partial charge in [-0.25, -0.2) is 0 Å². The number of benzene rings is 2. The number of ether oxygens (including phenoxy) is 3. The molecule has 0 aliphatic carbocycles. The predicted octanol–water partition coefficient (Wildman–Crippen LogP) is 4.79. The minimum absolute atomic E-state index is 0.261. The summed E-state index contributed by atoms with van der Waals surface area (Å²) in [5, 5.41) is 3.22. The summed E-state index contributed by atoms with van der Waals surface area (Å²) >= 11 is 6.07. The first kappa shape index (κ1) is 18.9. The van der Waals surface area contributed by atoms with Crippen LogP contribution in [0.3, 0.4) is 0 Å². The highest BCUT2D eigenvalue weighted by molar-refractivity contribution is 6.32. The highest BCUT2D eigenvalue weighted by Gasteiger charge is 2.14. The smallest absolute Gasteiger partial charge is 0.255 e. The number of anilines is 1. The molecule has 0 atom stereocenters. The van der Waals surface area contributed by atoms with Gasteiger partial charge in [0.2, 0.25) is 0 Å². The minimum Gasteiger partial charge on any atom is -0.495 e. The van der Waals surface area contributed by atoms with E-state index in [1.54, 1.807) is 36.4 Å². The van der Waals surface area contributed by atoms with Crippen LogP contribution in [0, 0.1) is 0 Å². The van der Waals surface area contributed by atoms with Gasteiger partial charge in [-0.2, -0.15) is 0 Å². The fourth-order valence-corrected chi connectivity index (χ4v) is 2.42. The van der Waals surface area contributed by atoms with Crippen molar-refractivity contribution in [3.05, 3.63) is 47.0 Å². The van der Waals surface area contributed by atoms with Crippen molar-refractivity contribution in [3.63, 3.8) is 0 Å². The fourth-order valence-electron chi connectivity index (χ4n) is 2.19. The molecule has 0 fully saturated rings. The maximum Gasteiger partial charge on any atom is 0.255 e. The predicted molar refractivity (Wildman–Crippen MR) is 99.4 cm³/mol. The second kappa shape index (κ2) is 9.18. The molecule has 0 spiro atoms. The molecular weight excluding hydrogens is 342 g/mol. The van der Waals surface area contributed by atoms with Gasteiger partial charge < -0.3 is 19.5 Å². The van der Waals surface area contributed by atoms with Gasteiger partial charge in [-0.05, 0) is 30.7 Å². The van der Waals surface area contributed by atoms with Crippen molar-refractivity contribution in [1.82, 2.24) is 0 Å². The minimum atomic E-state index is -0.261. The molecule has 0 saturated carbocycles. The summed E-state index contributed by atoms with van der Waals surface area (Å²) in [5.41, 5.74) is 0.996. The van der Waals surface area contributed by atoms with Crippen LogP contribution in [0.1, 0.15) is 30.1 Å². The quantitative estimate of drug-likeness (QED) is 0.685. The van der Waals surface area contributed by atoms with E-state index in [1.807, 2.05) is 0 Å². The van der Waals surface area contributed by atoms with Crippen LogP contribution in [0.15, 0.2) is 36.4 Å². The molecule has 25 heavy (non-hydrogen) atoms. The summed E-state index contributed by atoms with van der Waals surface area (Å²) in [6.45, 7) is 2.78. The Labute approximate surface area is 152 Å². The van der Waals surface area contributed by atoms with Crippen LogP contribution < -0.4 is 19.5 Å². The Kier molecular flexibility index (Phi) is 6.95. The first-order chi connectivity index (χ1) is 12.1. The molecule has 2 aromatic rings. The highest BCUT2D eigenvalue weighted by atomic mass is 35.5. The number of hydrogen-bond acceptors (Lipinski definition) is 4. The molecule has 6 heteroatoms. The van der Waals surface area contributed by atoms with Crippen molar-refractivity contribution in [3.8, 4) is 17.2 Å². The Morgan fingerprint density at radius 3 is 2.36 bits per heavy atom. The van der Waals surface area contributed by atoms with Gasteiger partial charge in [0.25, 0.3) is 5.91 Å². The summed E-state index contributed by atoms with van der Waals surface area (Å²) in [5.74, 6) is 1.40. The fraction of sp³-hybridized carbons (Fsp3) is 0.316. The Morgan fingerprint density at radius 1 is 1.08 bits per heavy atom. The molecule has 0 aliphatic rings. The second-order valence-electron chi connectivity index (χ2n) is 5.37. The largest absolute Gasteiger partial charge is 0.495 e. The third kappa shape index (κ3) is 5.03. The molecule has 0 aliphatic heterocycles. The molecule has 0 heterocycles. The number of hydrogen-bond donors (Lipinski definition) is 1. The molecule has 0 saturated heterocycles. The van der Waals surface area contributed by atoms with Crippen molar-refractivity contribution in [1.29, 1.82) is 0 Å². The van der Waals surface area contributed by atoms with Gasteiger partial charge in [0.15, 0.2) is 0 Å². The Balaban J connectivity index is 2.11. The van der Waals surface area contributed by atoms with Gasteiger partial charge in [0, 0.05) is 17.7 Å². The Hall–Kier alpha value is -2.40. The molecule has 2 rings (SSSR count). The normalized spacial score (nSPS) is 10.2. The van der Waals surface area contributed by atoms with Crippen molar-refractivity contribution in [2.75, 3.05) is 26.1 Å². The van der Waals surface area contributed by atoms with E-state index in [9.17, 15) is 4.79 Å². The zero-order chi connectivity index (χ0) is 18.2. The van der Waals surface area contributed by atoms with E-state index in [-0.39, 0.29) is 5.91 Å². The Bertz CT molecular complexity index is 716. The van der Waals surface area contributed by atoms with Gasteiger partial charge in [-0.3, -0.25) is 4.79 Å². The lowest BCUT2D eigenvalue weighted by Crippen LogP contribution is -2.12. The Morgan fingerprint density at radius 2 is 1.76 bits per heavy atom. The van der Waals surface area contributed by atoms with Crippen molar-refractivity contribution < 1.29 is 19.0 Å². The second-order valence-corrected chi connectivity index (χ2v) is 5.77. The summed E-state index contributed by atoms with van der Waals surface area (Å²) in [4.78, 5) is 12.5. The van der Waals surface area contributed by atoms with Crippen LogP contribution in [0.2, 0.25) is 5.02 Å². The topological polar surface area (TPSA) is 56.8 Å². The van der Waals surface area contributed by atoms with E-state index < -0.39 is 0 Å². The monoisotopic (exact) mass is 363 g/mol. The van der Waals surface area contributed by atoms with E-state index >= 15 is 0 Å². The lowest BCUT2D eigenvalue weighted by molar-refractivity contribution is 0.102. The number of methoxy groups -OCH3 is 2. The SMILES string of the molecule is CCCCOc1ccc(C(=O)Nc2cc(OC)c(Cl)cc2OC)cc1. The standard InChI is InChI=1S/C19H22ClNO4/c1-4-5-10-25-14-8-6-13(7-9-14)19(22)21-16-12-17(23-2)15(20)11-18(16)24-3/h6-9,11-12H,4-5,10H2,1-3H3,(H,21,22). The molecule has 0 bridgehead atoms. The number of halogens is 1. The average Bonchev–Trinajstić information content (AvgIpc) is 2.63. The van der Waals surface area contributed by atoms with Crippen LogP contribution in [0.4, 0.5) is 5.69 Å². The maximum absolute atomic E-state index is 12.5. The van der Waals surface area contributed by atoms with Crippen LogP contribution in [0.5, 0.6) is 17.2 Å². The molecule has 2 aromatic carbocycles. The van der Waals surface area contributed by atoms with Crippen LogP contribution >= 0.6 is 11.6 Å². The lowest BCUT2D eigenvalue weighted by atomic mass is 10.2. The average molecular weight is 364 g/mol. The number of nitrogens with one attached hydrogen (secondary N) is 1. The van der Waals surface area contributed by atoms with Gasteiger partial charge >= 0.3 is 0 Å². The molecule has 134 valence electrons. The van der Waals surface area contributed by atoms with E-state index in [1.165, 1.54) is 14.2 Å². The molecule has 0 unspecified atom stereocenters. The molecular formula is C19H22ClNO4. The first-order valence-electron chi connectivity index (χ1n) is 8.04. The van der Waals surface area contributed by atoms with Gasteiger partial charge in [-0.15, -0.1) is 0 Å². The maximum atomic E-state index is 12.5. The highest BCUT2D eigenvalue weighted by Crippen LogP contribution is 2.36. The summed E-state index contributed by atoms with van der Waals surface area (Å²) in [7, 11) is 3.02. The number of rotatable bonds is 8. The van der Waals surface area contributed by atoms with Crippen LogP contribution in [-0.4, -0.2) is 26.7 Å². The number of carbonyl (C=O) groups is 1. The third-order valence-electron chi connectivity index (χ3n) is 3.61. The summed E-state index contributed by atoms with van der Waals surface area (Å²) < 4.78 is 16.0. The van der Waals surface area contributed by atoms with Gasteiger partial charge in [0.05, 0.1) is 31.5 Å². The summed E-state index contributed by atoms with van der Waals surface area (Å²) in [6, 6.07) is 10.2. The molecule has 1 amide bonds. The number of unbranched alkanes of at least 4 members (excludes halogenated alkanes) is 1. The van der Waals surface area contributed by atoms with Crippen molar-refractivity contribution in [2.24, 2.45) is 0 Å². The lowest BCUT2D eigenvalue weighted by Gasteiger charge is -2.13. The van der Waals surface area contributed by atoms with E-state index in [0.717, 1.165) is 18.6 Å². The van der Waals surface area contributed by atoms with Crippen molar-refractivity contribution in [2.45, 2.75) is 19.8 Å².